The smallest absolute Gasteiger partial charge is 0.316 e. The fourth-order valence-corrected chi connectivity index (χ4v) is 2.71. The molecule has 3 amide bonds. The summed E-state index contributed by atoms with van der Waals surface area (Å²) >= 11 is 0. The number of likely N-dealkylation sites (tertiary alicyclic amines) is 1. The van der Waals surface area contributed by atoms with Crippen LogP contribution in [0.25, 0.3) is 0 Å². The summed E-state index contributed by atoms with van der Waals surface area (Å²) in [6, 6.07) is 0. The molecular weight excluding hydrogens is 258 g/mol. The molecule has 6 heteroatoms. The molecule has 0 aromatic carbocycles. The molecular formula is C14H23N3O3. The van der Waals surface area contributed by atoms with Crippen LogP contribution in [-0.2, 0) is 14.4 Å². The van der Waals surface area contributed by atoms with Gasteiger partial charge in [0.25, 0.3) is 0 Å². The van der Waals surface area contributed by atoms with E-state index in [9.17, 15) is 14.4 Å². The number of hydrogen-bond donors (Lipinski definition) is 2. The van der Waals surface area contributed by atoms with E-state index in [-0.39, 0.29) is 11.8 Å². The average Bonchev–Trinajstić information content (AvgIpc) is 2.48. The minimum atomic E-state index is -0.775. The van der Waals surface area contributed by atoms with Crippen LogP contribution in [0.1, 0.15) is 32.6 Å². The van der Waals surface area contributed by atoms with Gasteiger partial charge in [-0.05, 0) is 44.7 Å². The summed E-state index contributed by atoms with van der Waals surface area (Å²) in [4.78, 5) is 37.3. The molecule has 112 valence electrons. The van der Waals surface area contributed by atoms with Gasteiger partial charge in [-0.25, -0.2) is 0 Å². The Morgan fingerprint density at radius 3 is 2.25 bits per heavy atom. The highest BCUT2D eigenvalue weighted by atomic mass is 16.2. The highest BCUT2D eigenvalue weighted by Crippen LogP contribution is 2.16. The molecule has 0 aliphatic carbocycles. The van der Waals surface area contributed by atoms with Crippen LogP contribution in [0.4, 0.5) is 0 Å². The highest BCUT2D eigenvalue weighted by Gasteiger charge is 2.29. The second kappa shape index (κ2) is 6.83. The molecule has 0 spiro atoms. The van der Waals surface area contributed by atoms with E-state index >= 15 is 0 Å². The average molecular weight is 281 g/mol. The molecule has 2 aliphatic heterocycles. The van der Waals surface area contributed by atoms with Crippen LogP contribution in [0.2, 0.25) is 0 Å². The molecule has 0 aromatic heterocycles. The Hall–Kier alpha value is -1.43. The lowest BCUT2D eigenvalue weighted by Crippen LogP contribution is -2.49. The standard InChI is InChI=1S/C14H23N3O3/c1-10-4-8-17(9-5-10)14(20)13(19)16-12(18)11-2-6-15-7-3-11/h10-11,15H,2-9H2,1H3,(H,16,18,19). The van der Waals surface area contributed by atoms with Crippen LogP contribution in [0.15, 0.2) is 0 Å². The van der Waals surface area contributed by atoms with Crippen molar-refractivity contribution < 1.29 is 14.4 Å². The minimum Gasteiger partial charge on any atom is -0.334 e. The first-order valence-electron chi connectivity index (χ1n) is 7.42. The lowest BCUT2D eigenvalue weighted by atomic mass is 9.97. The minimum absolute atomic E-state index is 0.158. The Morgan fingerprint density at radius 2 is 1.65 bits per heavy atom. The third-order valence-electron chi connectivity index (χ3n) is 4.21. The summed E-state index contributed by atoms with van der Waals surface area (Å²) < 4.78 is 0. The van der Waals surface area contributed by atoms with Gasteiger partial charge in [-0.3, -0.25) is 19.7 Å². The van der Waals surface area contributed by atoms with Gasteiger partial charge < -0.3 is 10.2 Å². The van der Waals surface area contributed by atoms with Crippen molar-refractivity contribution in [2.75, 3.05) is 26.2 Å². The second-order valence-corrected chi connectivity index (χ2v) is 5.82. The van der Waals surface area contributed by atoms with Gasteiger partial charge in [0.15, 0.2) is 0 Å². The van der Waals surface area contributed by atoms with Gasteiger partial charge in [0.2, 0.25) is 5.91 Å². The van der Waals surface area contributed by atoms with E-state index in [0.717, 1.165) is 25.9 Å². The van der Waals surface area contributed by atoms with Crippen LogP contribution in [0.3, 0.4) is 0 Å². The van der Waals surface area contributed by atoms with E-state index in [4.69, 9.17) is 0 Å². The molecule has 0 atom stereocenters. The predicted molar refractivity (Wildman–Crippen MR) is 73.7 cm³/mol. The fraction of sp³-hybridized carbons (Fsp3) is 0.786. The summed E-state index contributed by atoms with van der Waals surface area (Å²) in [6.07, 6.45) is 3.27. The van der Waals surface area contributed by atoms with E-state index in [1.54, 1.807) is 4.90 Å². The molecule has 20 heavy (non-hydrogen) atoms. The number of nitrogens with zero attached hydrogens (tertiary/aromatic N) is 1. The lowest BCUT2D eigenvalue weighted by Gasteiger charge is -2.29. The summed E-state index contributed by atoms with van der Waals surface area (Å²) in [5, 5.41) is 5.42. The SMILES string of the molecule is CC1CCN(C(=O)C(=O)NC(=O)C2CCNCC2)CC1. The third kappa shape index (κ3) is 3.79. The second-order valence-electron chi connectivity index (χ2n) is 5.82. The zero-order valence-corrected chi connectivity index (χ0v) is 12.0. The van der Waals surface area contributed by atoms with E-state index in [1.807, 2.05) is 0 Å². The number of carbonyl (C=O) groups excluding carboxylic acids is 3. The number of imide groups is 1. The Labute approximate surface area is 119 Å². The van der Waals surface area contributed by atoms with Gasteiger partial charge >= 0.3 is 11.8 Å². The van der Waals surface area contributed by atoms with E-state index in [2.05, 4.69) is 17.6 Å². The monoisotopic (exact) mass is 281 g/mol. The Bertz CT molecular complexity index is 383. The zero-order chi connectivity index (χ0) is 14.5. The van der Waals surface area contributed by atoms with Crippen molar-refractivity contribution >= 4 is 17.7 Å². The van der Waals surface area contributed by atoms with Crippen molar-refractivity contribution in [3.05, 3.63) is 0 Å². The molecule has 2 aliphatic rings. The van der Waals surface area contributed by atoms with Crippen molar-refractivity contribution in [1.82, 2.24) is 15.5 Å². The van der Waals surface area contributed by atoms with Crippen LogP contribution < -0.4 is 10.6 Å². The highest BCUT2D eigenvalue weighted by molar-refractivity contribution is 6.37. The first kappa shape index (κ1) is 15.0. The maximum Gasteiger partial charge on any atom is 0.316 e. The number of rotatable bonds is 1. The number of carbonyl (C=O) groups is 3. The Balaban J connectivity index is 1.81. The summed E-state index contributed by atoms with van der Waals surface area (Å²) in [5.74, 6) is -1.22. The molecule has 6 nitrogen and oxygen atoms in total. The van der Waals surface area contributed by atoms with Crippen LogP contribution in [0, 0.1) is 11.8 Å². The van der Waals surface area contributed by atoms with Gasteiger partial charge in [0.1, 0.15) is 0 Å². The van der Waals surface area contributed by atoms with Gasteiger partial charge in [-0.1, -0.05) is 6.92 Å². The summed E-state index contributed by atoms with van der Waals surface area (Å²) in [5.41, 5.74) is 0. The first-order chi connectivity index (χ1) is 9.58. The van der Waals surface area contributed by atoms with Gasteiger partial charge in [-0.15, -0.1) is 0 Å². The van der Waals surface area contributed by atoms with Crippen molar-refractivity contribution in [2.24, 2.45) is 11.8 Å². The molecule has 2 rings (SSSR count). The molecule has 0 radical (unpaired) electrons. The molecule has 2 heterocycles. The molecule has 2 N–H and O–H groups in total. The summed E-state index contributed by atoms with van der Waals surface area (Å²) in [6.45, 7) is 4.92. The van der Waals surface area contributed by atoms with Crippen molar-refractivity contribution in [2.45, 2.75) is 32.6 Å². The quantitative estimate of drug-likeness (QED) is 0.657. The summed E-state index contributed by atoms with van der Waals surface area (Å²) in [7, 11) is 0. The van der Waals surface area contributed by atoms with Crippen molar-refractivity contribution in [1.29, 1.82) is 0 Å². The number of piperidine rings is 2. The number of nitrogens with one attached hydrogen (secondary N) is 2. The zero-order valence-electron chi connectivity index (χ0n) is 12.0. The molecule has 2 fully saturated rings. The normalized spacial score (nSPS) is 21.6. The Morgan fingerprint density at radius 1 is 1.05 bits per heavy atom. The first-order valence-corrected chi connectivity index (χ1v) is 7.42. The van der Waals surface area contributed by atoms with E-state index in [0.29, 0.717) is 31.8 Å². The lowest BCUT2D eigenvalue weighted by molar-refractivity contribution is -0.149. The van der Waals surface area contributed by atoms with E-state index < -0.39 is 11.8 Å². The van der Waals surface area contributed by atoms with Crippen LogP contribution >= 0.6 is 0 Å². The van der Waals surface area contributed by atoms with Gasteiger partial charge in [-0.2, -0.15) is 0 Å². The number of amides is 3. The molecule has 0 aromatic rings. The van der Waals surface area contributed by atoms with Gasteiger partial charge in [0, 0.05) is 19.0 Å². The molecule has 2 saturated heterocycles. The topological polar surface area (TPSA) is 78.5 Å². The predicted octanol–water partition coefficient (Wildman–Crippen LogP) is -0.113. The van der Waals surface area contributed by atoms with E-state index in [1.165, 1.54) is 0 Å². The van der Waals surface area contributed by atoms with Crippen LogP contribution in [0.5, 0.6) is 0 Å². The number of hydrogen-bond acceptors (Lipinski definition) is 4. The largest absolute Gasteiger partial charge is 0.334 e. The van der Waals surface area contributed by atoms with Crippen LogP contribution in [-0.4, -0.2) is 48.8 Å². The third-order valence-corrected chi connectivity index (χ3v) is 4.21. The molecule has 0 bridgehead atoms. The maximum absolute atomic E-state index is 12.0. The molecule has 0 saturated carbocycles. The van der Waals surface area contributed by atoms with Crippen molar-refractivity contribution in [3.63, 3.8) is 0 Å². The fourth-order valence-electron chi connectivity index (χ4n) is 2.71. The van der Waals surface area contributed by atoms with Crippen molar-refractivity contribution in [3.8, 4) is 0 Å². The van der Waals surface area contributed by atoms with Gasteiger partial charge in [0.05, 0.1) is 0 Å². The molecule has 0 unspecified atom stereocenters. The Kier molecular flexibility index (Phi) is 5.11. The maximum atomic E-state index is 12.0.